The first-order valence-electron chi connectivity index (χ1n) is 7.46. The van der Waals surface area contributed by atoms with E-state index in [2.05, 4.69) is 0 Å². The zero-order valence-corrected chi connectivity index (χ0v) is 13.0. The molecule has 11 nitrogen and oxygen atoms in total. The van der Waals surface area contributed by atoms with E-state index in [1.807, 2.05) is 0 Å². The number of methoxy groups -OCH3 is 1. The Labute approximate surface area is 137 Å². The zero-order valence-electron chi connectivity index (χ0n) is 13.0. The third-order valence-electron chi connectivity index (χ3n) is 4.21. The minimum atomic E-state index is -1.71. The van der Waals surface area contributed by atoms with Crippen LogP contribution in [0.5, 0.6) is 0 Å². The van der Waals surface area contributed by atoms with Gasteiger partial charge in [-0.2, -0.15) is 0 Å². The molecule has 0 aromatic carbocycles. The van der Waals surface area contributed by atoms with Crippen LogP contribution < -0.4 is 0 Å². The maximum Gasteiger partial charge on any atom is 0.186 e. The third-order valence-corrected chi connectivity index (χ3v) is 4.21. The number of rotatable bonds is 5. The van der Waals surface area contributed by atoms with Gasteiger partial charge in [0, 0.05) is 7.11 Å². The SMILES string of the molecule is CO[C@@H]1[C@H](O)[C@@H](OC[C@H]2O[C@H](O)[C@@H](O)[C@@H](O)[C@@H]2O)O[C@H](CO)[C@H]1O. The second-order valence-electron chi connectivity index (χ2n) is 5.78. The summed E-state index contributed by atoms with van der Waals surface area (Å²) in [7, 11) is 1.26. The van der Waals surface area contributed by atoms with Gasteiger partial charge >= 0.3 is 0 Å². The number of hydrogen-bond acceptors (Lipinski definition) is 11. The smallest absolute Gasteiger partial charge is 0.186 e. The number of aliphatic hydroxyl groups excluding tert-OH is 7. The number of hydrogen-bond donors (Lipinski definition) is 7. The van der Waals surface area contributed by atoms with Crippen LogP contribution in [0.25, 0.3) is 0 Å². The van der Waals surface area contributed by atoms with Gasteiger partial charge in [0.2, 0.25) is 0 Å². The highest BCUT2D eigenvalue weighted by atomic mass is 16.7. The Hall–Kier alpha value is -0.440. The van der Waals surface area contributed by atoms with Crippen molar-refractivity contribution < 1.29 is 54.7 Å². The Morgan fingerprint density at radius 2 is 1.46 bits per heavy atom. The van der Waals surface area contributed by atoms with Gasteiger partial charge in [-0.1, -0.05) is 0 Å². The lowest BCUT2D eigenvalue weighted by molar-refractivity contribution is -0.327. The maximum atomic E-state index is 10.1. The lowest BCUT2D eigenvalue weighted by Gasteiger charge is -2.42. The van der Waals surface area contributed by atoms with Crippen LogP contribution in [-0.2, 0) is 18.9 Å². The Balaban J connectivity index is 1.97. The topological polar surface area (TPSA) is 179 Å². The van der Waals surface area contributed by atoms with Crippen molar-refractivity contribution >= 4 is 0 Å². The van der Waals surface area contributed by atoms with Crippen molar-refractivity contribution in [2.45, 2.75) is 61.4 Å². The van der Waals surface area contributed by atoms with Gasteiger partial charge in [-0.25, -0.2) is 0 Å². The van der Waals surface area contributed by atoms with Crippen LogP contribution in [0.15, 0.2) is 0 Å². The van der Waals surface area contributed by atoms with Crippen molar-refractivity contribution in [3.63, 3.8) is 0 Å². The van der Waals surface area contributed by atoms with E-state index in [0.29, 0.717) is 0 Å². The van der Waals surface area contributed by atoms with E-state index in [1.165, 1.54) is 7.11 Å². The average molecular weight is 356 g/mol. The fraction of sp³-hybridized carbons (Fsp3) is 1.00. The summed E-state index contributed by atoms with van der Waals surface area (Å²) in [6.45, 7) is -0.950. The van der Waals surface area contributed by atoms with Gasteiger partial charge in [0.15, 0.2) is 12.6 Å². The molecule has 0 aromatic rings. The molecule has 2 aliphatic rings. The maximum absolute atomic E-state index is 10.1. The van der Waals surface area contributed by atoms with E-state index in [-0.39, 0.29) is 0 Å². The minimum absolute atomic E-state index is 0.408. The first-order valence-corrected chi connectivity index (χ1v) is 7.46. The highest BCUT2D eigenvalue weighted by molar-refractivity contribution is 4.91. The van der Waals surface area contributed by atoms with Gasteiger partial charge in [-0.15, -0.1) is 0 Å². The van der Waals surface area contributed by atoms with Gasteiger partial charge in [0.05, 0.1) is 13.2 Å². The van der Waals surface area contributed by atoms with Gasteiger partial charge in [-0.3, -0.25) is 0 Å². The summed E-state index contributed by atoms with van der Waals surface area (Å²) >= 11 is 0. The molecule has 2 saturated heterocycles. The Morgan fingerprint density at radius 3 is 2.04 bits per heavy atom. The zero-order chi connectivity index (χ0) is 18.0. The highest BCUT2D eigenvalue weighted by Crippen LogP contribution is 2.26. The summed E-state index contributed by atoms with van der Waals surface area (Å²) in [5, 5.41) is 67.5. The molecule has 142 valence electrons. The fourth-order valence-electron chi connectivity index (χ4n) is 2.73. The standard InChI is InChI=1S/C13H24O11/c1-21-11-7(16)4(2-14)24-13(10(11)19)22-3-5-6(15)8(17)9(18)12(20)23-5/h4-20H,2-3H2,1H3/t4-,5-,6-,7-,8+,9+,10+,11+,12+,13+/m1/s1. The van der Waals surface area contributed by atoms with Crippen molar-refractivity contribution in [3.8, 4) is 0 Å². The molecule has 10 atom stereocenters. The molecule has 2 heterocycles. The van der Waals surface area contributed by atoms with Crippen LogP contribution in [0.1, 0.15) is 0 Å². The molecule has 2 rings (SSSR count). The molecular weight excluding hydrogens is 332 g/mol. The lowest BCUT2D eigenvalue weighted by Crippen LogP contribution is -2.61. The minimum Gasteiger partial charge on any atom is -0.394 e. The van der Waals surface area contributed by atoms with Crippen molar-refractivity contribution in [2.24, 2.45) is 0 Å². The van der Waals surface area contributed by atoms with E-state index in [1.54, 1.807) is 0 Å². The molecule has 7 N–H and O–H groups in total. The number of ether oxygens (including phenoxy) is 4. The van der Waals surface area contributed by atoms with Crippen LogP contribution in [0, 0.1) is 0 Å². The third kappa shape index (κ3) is 3.86. The summed E-state index contributed by atoms with van der Waals surface area (Å²) < 4.78 is 20.4. The molecular formula is C13H24O11. The van der Waals surface area contributed by atoms with Crippen LogP contribution in [0.3, 0.4) is 0 Å². The van der Waals surface area contributed by atoms with Gasteiger partial charge in [0.25, 0.3) is 0 Å². The van der Waals surface area contributed by atoms with Crippen LogP contribution >= 0.6 is 0 Å². The Bertz CT molecular complexity index is 396. The molecule has 0 bridgehead atoms. The Morgan fingerprint density at radius 1 is 0.792 bits per heavy atom. The molecule has 2 aliphatic heterocycles. The highest BCUT2D eigenvalue weighted by Gasteiger charge is 2.47. The van der Waals surface area contributed by atoms with Crippen molar-refractivity contribution in [2.75, 3.05) is 20.3 Å². The summed E-state index contributed by atoms with van der Waals surface area (Å²) in [6, 6.07) is 0. The molecule has 0 aliphatic carbocycles. The molecule has 0 aromatic heterocycles. The van der Waals surface area contributed by atoms with E-state index in [9.17, 15) is 35.7 Å². The van der Waals surface area contributed by atoms with E-state index >= 15 is 0 Å². The van der Waals surface area contributed by atoms with Crippen molar-refractivity contribution in [1.82, 2.24) is 0 Å². The summed E-state index contributed by atoms with van der Waals surface area (Å²) in [6.07, 6.45) is -13.9. The van der Waals surface area contributed by atoms with Gasteiger partial charge in [-0.05, 0) is 0 Å². The fourth-order valence-corrected chi connectivity index (χ4v) is 2.73. The van der Waals surface area contributed by atoms with Crippen molar-refractivity contribution in [3.05, 3.63) is 0 Å². The summed E-state index contributed by atoms with van der Waals surface area (Å²) in [5.74, 6) is 0. The summed E-state index contributed by atoms with van der Waals surface area (Å²) in [4.78, 5) is 0. The van der Waals surface area contributed by atoms with E-state index in [4.69, 9.17) is 18.9 Å². The lowest BCUT2D eigenvalue weighted by atomic mass is 9.98. The van der Waals surface area contributed by atoms with Crippen LogP contribution in [0.2, 0.25) is 0 Å². The monoisotopic (exact) mass is 356 g/mol. The van der Waals surface area contributed by atoms with Gasteiger partial charge < -0.3 is 54.7 Å². The largest absolute Gasteiger partial charge is 0.394 e. The van der Waals surface area contributed by atoms with Gasteiger partial charge in [0.1, 0.15) is 48.8 Å². The number of aliphatic hydroxyl groups is 7. The predicted molar refractivity (Wildman–Crippen MR) is 73.4 cm³/mol. The Kier molecular flexibility index (Phi) is 6.87. The molecule has 0 amide bonds. The van der Waals surface area contributed by atoms with E-state index in [0.717, 1.165) is 0 Å². The van der Waals surface area contributed by atoms with Crippen molar-refractivity contribution in [1.29, 1.82) is 0 Å². The predicted octanol–water partition coefficient (Wildman–Crippen LogP) is -4.74. The molecule has 24 heavy (non-hydrogen) atoms. The normalized spacial score (nSPS) is 50.0. The van der Waals surface area contributed by atoms with Crippen LogP contribution in [0.4, 0.5) is 0 Å². The second-order valence-corrected chi connectivity index (χ2v) is 5.78. The molecule has 0 unspecified atom stereocenters. The van der Waals surface area contributed by atoms with Crippen LogP contribution in [-0.4, -0.2) is 117 Å². The molecule has 2 fully saturated rings. The molecule has 0 spiro atoms. The second kappa shape index (κ2) is 8.29. The molecule has 0 saturated carbocycles. The summed E-state index contributed by atoms with van der Waals surface area (Å²) in [5.41, 5.74) is 0. The first kappa shape index (κ1) is 19.9. The molecule has 0 radical (unpaired) electrons. The van der Waals surface area contributed by atoms with E-state index < -0.39 is 74.6 Å². The quantitative estimate of drug-likeness (QED) is 0.251. The molecule has 11 heteroatoms. The first-order chi connectivity index (χ1) is 11.3. The average Bonchev–Trinajstić information content (AvgIpc) is 2.57.